The highest BCUT2D eigenvalue weighted by molar-refractivity contribution is 5.75. The van der Waals surface area contributed by atoms with Crippen molar-refractivity contribution in [2.24, 2.45) is 5.73 Å². The number of para-hydroxylation sites is 1. The average Bonchev–Trinajstić information content (AvgIpc) is 2.28. The first kappa shape index (κ1) is 13.4. The fraction of sp³-hybridized carbons (Fsp3) is 0.417. The van der Waals surface area contributed by atoms with Gasteiger partial charge in [0.15, 0.2) is 18.2 Å². The number of hydrogen-bond acceptors (Lipinski definition) is 3. The molecule has 0 atom stereocenters. The highest BCUT2D eigenvalue weighted by Crippen LogP contribution is 2.22. The van der Waals surface area contributed by atoms with Gasteiger partial charge in [-0.25, -0.2) is 4.39 Å². The van der Waals surface area contributed by atoms with E-state index in [0.29, 0.717) is 12.1 Å². The van der Waals surface area contributed by atoms with Crippen LogP contribution in [0.5, 0.6) is 5.75 Å². The van der Waals surface area contributed by atoms with E-state index in [9.17, 15) is 9.18 Å². The molecule has 5 heteroatoms. The molecule has 1 amide bonds. The van der Waals surface area contributed by atoms with Gasteiger partial charge in [-0.2, -0.15) is 0 Å². The summed E-state index contributed by atoms with van der Waals surface area (Å²) in [5.74, 6) is -1.02. The molecule has 3 N–H and O–H groups in total. The topological polar surface area (TPSA) is 64.3 Å². The summed E-state index contributed by atoms with van der Waals surface area (Å²) < 4.78 is 18.6. The standard InChI is InChI=1S/C12H17FN2O2/c1-2-6-15-7-9-4-3-5-10(13)12(9)17-8-11(14)16/h3-5,15H,2,6-8H2,1H3,(H2,14,16). The van der Waals surface area contributed by atoms with Crippen LogP contribution in [0.1, 0.15) is 18.9 Å². The summed E-state index contributed by atoms with van der Waals surface area (Å²) in [5.41, 5.74) is 5.64. The van der Waals surface area contributed by atoms with Gasteiger partial charge >= 0.3 is 0 Å². The Bertz CT molecular complexity index is 383. The highest BCUT2D eigenvalue weighted by atomic mass is 19.1. The molecular weight excluding hydrogens is 223 g/mol. The summed E-state index contributed by atoms with van der Waals surface area (Å²) in [6, 6.07) is 4.65. The van der Waals surface area contributed by atoms with Crippen LogP contribution < -0.4 is 15.8 Å². The van der Waals surface area contributed by atoms with Crippen LogP contribution in [0.25, 0.3) is 0 Å². The first-order valence-corrected chi connectivity index (χ1v) is 5.54. The molecule has 0 saturated heterocycles. The minimum absolute atomic E-state index is 0.0925. The number of amides is 1. The Hall–Kier alpha value is -1.62. The van der Waals surface area contributed by atoms with Crippen LogP contribution in [0, 0.1) is 5.82 Å². The van der Waals surface area contributed by atoms with Crippen molar-refractivity contribution in [2.75, 3.05) is 13.2 Å². The molecule has 0 aliphatic carbocycles. The van der Waals surface area contributed by atoms with Crippen molar-refractivity contribution < 1.29 is 13.9 Å². The lowest BCUT2D eigenvalue weighted by Gasteiger charge is -2.11. The van der Waals surface area contributed by atoms with E-state index in [0.717, 1.165) is 13.0 Å². The maximum Gasteiger partial charge on any atom is 0.255 e. The van der Waals surface area contributed by atoms with Crippen molar-refractivity contribution in [1.29, 1.82) is 0 Å². The van der Waals surface area contributed by atoms with Gasteiger partial charge in [0.25, 0.3) is 5.91 Å². The van der Waals surface area contributed by atoms with E-state index in [2.05, 4.69) is 5.32 Å². The zero-order chi connectivity index (χ0) is 12.7. The number of carbonyl (C=O) groups is 1. The van der Waals surface area contributed by atoms with Crippen molar-refractivity contribution in [3.8, 4) is 5.75 Å². The SMILES string of the molecule is CCCNCc1cccc(F)c1OCC(N)=O. The second-order valence-corrected chi connectivity index (χ2v) is 3.66. The number of rotatable bonds is 7. The third-order valence-corrected chi connectivity index (χ3v) is 2.15. The number of carbonyl (C=O) groups excluding carboxylic acids is 1. The normalized spacial score (nSPS) is 10.2. The molecule has 17 heavy (non-hydrogen) atoms. The summed E-state index contributed by atoms with van der Waals surface area (Å²) in [6.45, 7) is 3.07. The third-order valence-electron chi connectivity index (χ3n) is 2.15. The summed E-state index contributed by atoms with van der Waals surface area (Å²) in [4.78, 5) is 10.6. The van der Waals surface area contributed by atoms with Crippen LogP contribution in [0.15, 0.2) is 18.2 Å². The van der Waals surface area contributed by atoms with Crippen molar-refractivity contribution in [3.05, 3.63) is 29.6 Å². The first-order valence-electron chi connectivity index (χ1n) is 5.54. The summed E-state index contributed by atoms with van der Waals surface area (Å²) >= 11 is 0. The molecule has 1 aromatic rings. The minimum Gasteiger partial charge on any atom is -0.480 e. The fourth-order valence-corrected chi connectivity index (χ4v) is 1.40. The molecule has 0 spiro atoms. The maximum absolute atomic E-state index is 13.5. The average molecular weight is 240 g/mol. The van der Waals surface area contributed by atoms with Crippen LogP contribution in [0.3, 0.4) is 0 Å². The molecule has 94 valence electrons. The van der Waals surface area contributed by atoms with Crippen LogP contribution in [-0.2, 0) is 11.3 Å². The molecule has 0 radical (unpaired) electrons. The highest BCUT2D eigenvalue weighted by Gasteiger charge is 2.10. The molecule has 0 aromatic heterocycles. The van der Waals surface area contributed by atoms with E-state index in [-0.39, 0.29) is 12.4 Å². The molecule has 0 heterocycles. The summed E-state index contributed by atoms with van der Waals surface area (Å²) in [6.07, 6.45) is 0.993. The number of nitrogens with two attached hydrogens (primary N) is 1. The van der Waals surface area contributed by atoms with E-state index in [1.807, 2.05) is 6.92 Å². The van der Waals surface area contributed by atoms with Crippen molar-refractivity contribution in [1.82, 2.24) is 5.32 Å². The molecule has 4 nitrogen and oxygen atoms in total. The van der Waals surface area contributed by atoms with Gasteiger partial charge in [0.2, 0.25) is 0 Å². The minimum atomic E-state index is -0.624. The molecule has 0 fully saturated rings. The summed E-state index contributed by atoms with van der Waals surface area (Å²) in [5, 5.41) is 3.14. The Kier molecular flexibility index (Phi) is 5.42. The molecule has 0 saturated carbocycles. The van der Waals surface area contributed by atoms with Crippen LogP contribution >= 0.6 is 0 Å². The van der Waals surface area contributed by atoms with Gasteiger partial charge in [0.1, 0.15) is 0 Å². The van der Waals surface area contributed by atoms with Crippen molar-refractivity contribution in [2.45, 2.75) is 19.9 Å². The predicted molar refractivity (Wildman–Crippen MR) is 63.1 cm³/mol. The smallest absolute Gasteiger partial charge is 0.255 e. The van der Waals surface area contributed by atoms with Gasteiger partial charge in [-0.1, -0.05) is 19.1 Å². The van der Waals surface area contributed by atoms with E-state index in [1.165, 1.54) is 6.07 Å². The molecule has 0 bridgehead atoms. The number of ether oxygens (including phenoxy) is 1. The van der Waals surface area contributed by atoms with E-state index in [4.69, 9.17) is 10.5 Å². The molecule has 1 aromatic carbocycles. The van der Waals surface area contributed by atoms with E-state index >= 15 is 0 Å². The second-order valence-electron chi connectivity index (χ2n) is 3.66. The number of benzene rings is 1. The predicted octanol–water partition coefficient (Wildman–Crippen LogP) is 1.19. The van der Waals surface area contributed by atoms with Gasteiger partial charge in [-0.05, 0) is 19.0 Å². The fourth-order valence-electron chi connectivity index (χ4n) is 1.40. The maximum atomic E-state index is 13.5. The van der Waals surface area contributed by atoms with Crippen molar-refractivity contribution in [3.63, 3.8) is 0 Å². The van der Waals surface area contributed by atoms with Crippen molar-refractivity contribution >= 4 is 5.91 Å². The van der Waals surface area contributed by atoms with Crippen LogP contribution in [0.2, 0.25) is 0 Å². The van der Waals surface area contributed by atoms with Gasteiger partial charge in [0, 0.05) is 12.1 Å². The quantitative estimate of drug-likeness (QED) is 0.704. The monoisotopic (exact) mass is 240 g/mol. The number of hydrogen-bond donors (Lipinski definition) is 2. The Labute approximate surface area is 100.0 Å². The van der Waals surface area contributed by atoms with Gasteiger partial charge < -0.3 is 15.8 Å². The number of primary amides is 1. The lowest BCUT2D eigenvalue weighted by molar-refractivity contribution is -0.120. The molecular formula is C12H17FN2O2. The van der Waals surface area contributed by atoms with E-state index < -0.39 is 11.7 Å². The number of nitrogens with one attached hydrogen (secondary N) is 1. The van der Waals surface area contributed by atoms with Gasteiger partial charge in [-0.15, -0.1) is 0 Å². The number of halogens is 1. The van der Waals surface area contributed by atoms with Crippen LogP contribution in [0.4, 0.5) is 4.39 Å². The van der Waals surface area contributed by atoms with Crippen LogP contribution in [-0.4, -0.2) is 19.1 Å². The first-order chi connectivity index (χ1) is 8.15. The summed E-state index contributed by atoms with van der Waals surface area (Å²) in [7, 11) is 0. The largest absolute Gasteiger partial charge is 0.480 e. The zero-order valence-corrected chi connectivity index (χ0v) is 9.83. The van der Waals surface area contributed by atoms with Gasteiger partial charge in [-0.3, -0.25) is 4.79 Å². The van der Waals surface area contributed by atoms with Gasteiger partial charge in [0.05, 0.1) is 0 Å². The molecule has 1 rings (SSSR count). The Morgan fingerprint density at radius 1 is 1.53 bits per heavy atom. The zero-order valence-electron chi connectivity index (χ0n) is 9.83. The lowest BCUT2D eigenvalue weighted by atomic mass is 10.2. The third kappa shape index (κ3) is 4.40. The Morgan fingerprint density at radius 2 is 2.29 bits per heavy atom. The van der Waals surface area contributed by atoms with E-state index in [1.54, 1.807) is 12.1 Å². The molecule has 0 aliphatic heterocycles. The Morgan fingerprint density at radius 3 is 2.94 bits per heavy atom. The molecule has 0 aliphatic rings. The lowest BCUT2D eigenvalue weighted by Crippen LogP contribution is -2.22. The Balaban J connectivity index is 2.73. The molecule has 0 unspecified atom stereocenters. The second kappa shape index (κ2) is 6.85.